The topological polar surface area (TPSA) is 72.2 Å². The van der Waals surface area contributed by atoms with Gasteiger partial charge in [0, 0.05) is 5.69 Å². The van der Waals surface area contributed by atoms with Gasteiger partial charge < -0.3 is 5.73 Å². The summed E-state index contributed by atoms with van der Waals surface area (Å²) in [4.78, 5) is 0. The summed E-state index contributed by atoms with van der Waals surface area (Å²) < 4.78 is 27.7. The van der Waals surface area contributed by atoms with Crippen LogP contribution in [0.3, 0.4) is 0 Å². The third kappa shape index (κ3) is 3.02. The Morgan fingerprint density at radius 1 is 1.21 bits per heavy atom. The summed E-state index contributed by atoms with van der Waals surface area (Å²) >= 11 is 6.94. The van der Waals surface area contributed by atoms with E-state index in [2.05, 4.69) is 4.72 Å². The van der Waals surface area contributed by atoms with Crippen molar-refractivity contribution in [1.29, 1.82) is 0 Å². The molecule has 1 heterocycles. The van der Waals surface area contributed by atoms with Crippen LogP contribution in [0.2, 0.25) is 4.34 Å². The molecular weight excluding hydrogens is 304 g/mol. The molecule has 4 nitrogen and oxygen atoms in total. The van der Waals surface area contributed by atoms with Crippen molar-refractivity contribution in [3.63, 3.8) is 0 Å². The Morgan fingerprint density at radius 3 is 2.47 bits per heavy atom. The Balaban J connectivity index is 2.39. The molecule has 102 valence electrons. The number of halogens is 1. The molecule has 19 heavy (non-hydrogen) atoms. The van der Waals surface area contributed by atoms with E-state index in [0.29, 0.717) is 15.7 Å². The first-order chi connectivity index (χ1) is 8.79. The van der Waals surface area contributed by atoms with Crippen molar-refractivity contribution in [2.45, 2.75) is 18.1 Å². The van der Waals surface area contributed by atoms with E-state index in [0.717, 1.165) is 22.5 Å². The first-order valence-corrected chi connectivity index (χ1v) is 8.12. The number of hydrogen-bond donors (Lipinski definition) is 2. The molecule has 2 aromatic rings. The number of aryl methyl sites for hydroxylation is 2. The van der Waals surface area contributed by atoms with E-state index in [1.165, 1.54) is 0 Å². The number of hydrogen-bond acceptors (Lipinski definition) is 4. The maximum Gasteiger partial charge on any atom is 0.271 e. The van der Waals surface area contributed by atoms with Gasteiger partial charge in [-0.25, -0.2) is 8.42 Å². The first-order valence-electron chi connectivity index (χ1n) is 5.44. The SMILES string of the molecule is Cc1ccc(N)cc1NS(=O)(=O)c1cc(C)c(Cl)s1. The van der Waals surface area contributed by atoms with Gasteiger partial charge in [0.25, 0.3) is 10.0 Å². The van der Waals surface area contributed by atoms with Crippen LogP contribution in [0.5, 0.6) is 0 Å². The highest BCUT2D eigenvalue weighted by Gasteiger charge is 2.19. The molecule has 0 aliphatic rings. The fourth-order valence-electron chi connectivity index (χ4n) is 1.51. The largest absolute Gasteiger partial charge is 0.399 e. The van der Waals surface area contributed by atoms with Crippen LogP contribution in [-0.4, -0.2) is 8.42 Å². The molecule has 1 aromatic carbocycles. The van der Waals surface area contributed by atoms with E-state index < -0.39 is 10.0 Å². The lowest BCUT2D eigenvalue weighted by molar-refractivity contribution is 0.603. The number of nitrogens with two attached hydrogens (primary N) is 1. The van der Waals surface area contributed by atoms with Gasteiger partial charge in [-0.15, -0.1) is 11.3 Å². The van der Waals surface area contributed by atoms with Crippen molar-refractivity contribution >= 4 is 44.3 Å². The number of rotatable bonds is 3. The van der Waals surface area contributed by atoms with E-state index in [1.807, 2.05) is 6.92 Å². The van der Waals surface area contributed by atoms with Crippen LogP contribution < -0.4 is 10.5 Å². The Labute approximate surface area is 121 Å². The van der Waals surface area contributed by atoms with Crippen molar-refractivity contribution in [1.82, 2.24) is 0 Å². The van der Waals surface area contributed by atoms with Crippen molar-refractivity contribution < 1.29 is 8.42 Å². The molecule has 1 aromatic heterocycles. The number of sulfonamides is 1. The van der Waals surface area contributed by atoms with E-state index in [4.69, 9.17) is 17.3 Å². The minimum absolute atomic E-state index is 0.192. The quantitative estimate of drug-likeness (QED) is 0.852. The molecule has 0 saturated carbocycles. The van der Waals surface area contributed by atoms with Crippen molar-refractivity contribution in [2.75, 3.05) is 10.5 Å². The lowest BCUT2D eigenvalue weighted by atomic mass is 10.2. The number of nitrogen functional groups attached to an aromatic ring is 1. The standard InChI is InChI=1S/C12H13ClN2O2S2/c1-7-3-4-9(14)6-10(7)15-19(16,17)11-5-8(2)12(13)18-11/h3-6,15H,14H2,1-2H3. The van der Waals surface area contributed by atoms with Crippen molar-refractivity contribution in [3.8, 4) is 0 Å². The van der Waals surface area contributed by atoms with E-state index >= 15 is 0 Å². The number of thiophene rings is 1. The molecular formula is C12H13ClN2O2S2. The molecule has 0 spiro atoms. The zero-order valence-corrected chi connectivity index (χ0v) is 12.8. The van der Waals surface area contributed by atoms with Gasteiger partial charge in [-0.3, -0.25) is 4.72 Å². The molecule has 3 N–H and O–H groups in total. The van der Waals surface area contributed by atoms with Crippen LogP contribution in [0.15, 0.2) is 28.5 Å². The molecule has 7 heteroatoms. The lowest BCUT2D eigenvalue weighted by Gasteiger charge is -2.09. The second-order valence-electron chi connectivity index (χ2n) is 4.20. The second-order valence-corrected chi connectivity index (χ2v) is 7.77. The average Bonchev–Trinajstić information content (AvgIpc) is 2.65. The van der Waals surface area contributed by atoms with Gasteiger partial charge in [-0.1, -0.05) is 17.7 Å². The number of anilines is 2. The Hall–Kier alpha value is -1.24. The van der Waals surface area contributed by atoms with Crippen molar-refractivity contribution in [2.24, 2.45) is 0 Å². The van der Waals surface area contributed by atoms with Crippen LogP contribution >= 0.6 is 22.9 Å². The Kier molecular flexibility index (Phi) is 3.75. The van der Waals surface area contributed by atoms with Crippen molar-refractivity contribution in [3.05, 3.63) is 39.7 Å². The molecule has 0 amide bonds. The smallest absolute Gasteiger partial charge is 0.271 e. The Morgan fingerprint density at radius 2 is 1.89 bits per heavy atom. The molecule has 0 atom stereocenters. The summed E-state index contributed by atoms with van der Waals surface area (Å²) in [6.07, 6.45) is 0. The lowest BCUT2D eigenvalue weighted by Crippen LogP contribution is -2.12. The summed E-state index contributed by atoms with van der Waals surface area (Å²) in [5, 5.41) is 0. The van der Waals surface area contributed by atoms with Crippen LogP contribution in [0.25, 0.3) is 0 Å². The summed E-state index contributed by atoms with van der Waals surface area (Å²) in [7, 11) is -3.63. The summed E-state index contributed by atoms with van der Waals surface area (Å²) in [6.45, 7) is 3.58. The van der Waals surface area contributed by atoms with E-state index in [-0.39, 0.29) is 4.21 Å². The maximum absolute atomic E-state index is 12.2. The highest BCUT2D eigenvalue weighted by atomic mass is 35.5. The van der Waals surface area contributed by atoms with E-state index in [1.54, 1.807) is 31.2 Å². The normalized spacial score (nSPS) is 11.5. The molecule has 0 aliphatic heterocycles. The highest BCUT2D eigenvalue weighted by Crippen LogP contribution is 2.31. The average molecular weight is 317 g/mol. The van der Waals surface area contributed by atoms with Gasteiger partial charge in [0.1, 0.15) is 4.21 Å². The Bertz CT molecular complexity index is 704. The van der Waals surface area contributed by atoms with Gasteiger partial charge >= 0.3 is 0 Å². The zero-order chi connectivity index (χ0) is 14.2. The third-order valence-corrected chi connectivity index (χ3v) is 6.00. The van der Waals surface area contributed by atoms with Crippen LogP contribution in [0, 0.1) is 13.8 Å². The van der Waals surface area contributed by atoms with Crippen LogP contribution in [-0.2, 0) is 10.0 Å². The van der Waals surface area contributed by atoms with Crippen LogP contribution in [0.1, 0.15) is 11.1 Å². The maximum atomic E-state index is 12.2. The summed E-state index contributed by atoms with van der Waals surface area (Å²) in [5.41, 5.74) is 8.19. The minimum Gasteiger partial charge on any atom is -0.399 e. The summed E-state index contributed by atoms with van der Waals surface area (Å²) in [6, 6.07) is 6.63. The fourth-order valence-corrected chi connectivity index (χ4v) is 4.34. The summed E-state index contributed by atoms with van der Waals surface area (Å²) in [5.74, 6) is 0. The minimum atomic E-state index is -3.63. The molecule has 0 saturated heterocycles. The monoisotopic (exact) mass is 316 g/mol. The van der Waals surface area contributed by atoms with Gasteiger partial charge in [0.2, 0.25) is 0 Å². The molecule has 0 aliphatic carbocycles. The second kappa shape index (κ2) is 5.03. The van der Waals surface area contributed by atoms with Gasteiger partial charge in [-0.05, 0) is 43.2 Å². The number of nitrogens with one attached hydrogen (secondary N) is 1. The number of benzene rings is 1. The first kappa shape index (κ1) is 14.2. The van der Waals surface area contributed by atoms with Gasteiger partial charge in [0.15, 0.2) is 0 Å². The molecule has 0 unspecified atom stereocenters. The van der Waals surface area contributed by atoms with E-state index in [9.17, 15) is 8.42 Å². The fraction of sp³-hybridized carbons (Fsp3) is 0.167. The van der Waals surface area contributed by atoms with Gasteiger partial charge in [0.05, 0.1) is 10.0 Å². The van der Waals surface area contributed by atoms with Crippen LogP contribution in [0.4, 0.5) is 11.4 Å². The van der Waals surface area contributed by atoms with Gasteiger partial charge in [-0.2, -0.15) is 0 Å². The zero-order valence-electron chi connectivity index (χ0n) is 10.4. The highest BCUT2D eigenvalue weighted by molar-refractivity contribution is 7.94. The molecule has 2 rings (SSSR count). The predicted octanol–water partition coefficient (Wildman–Crippen LogP) is 3.40. The molecule has 0 bridgehead atoms. The molecule has 0 fully saturated rings. The third-order valence-electron chi connectivity index (χ3n) is 2.61. The predicted molar refractivity (Wildman–Crippen MR) is 80.5 cm³/mol. The molecule has 0 radical (unpaired) electrons.